The van der Waals surface area contributed by atoms with Gasteiger partial charge in [-0.05, 0) is 62.4 Å². The van der Waals surface area contributed by atoms with Gasteiger partial charge in [0, 0.05) is 21.9 Å². The molecular weight excluding hydrogens is 316 g/mol. The van der Waals surface area contributed by atoms with Crippen LogP contribution >= 0.6 is 11.6 Å². The number of nitrogens with one attached hydrogen (secondary N) is 1. The first kappa shape index (κ1) is 15.6. The molecule has 1 aromatic heterocycles. The molecule has 0 aliphatic heterocycles. The highest BCUT2D eigenvalue weighted by atomic mass is 35.5. The average Bonchev–Trinajstić information content (AvgIpc) is 2.87. The number of carboxylic acid groups (broad SMARTS) is 1. The molecule has 0 saturated heterocycles. The Balaban J connectivity index is 2.08. The summed E-state index contributed by atoms with van der Waals surface area (Å²) in [6, 6.07) is 5.14. The van der Waals surface area contributed by atoms with Crippen LogP contribution in [0.3, 0.4) is 0 Å². The smallest absolute Gasteiger partial charge is 0.331 e. The second kappa shape index (κ2) is 6.08. The molecule has 0 spiro atoms. The van der Waals surface area contributed by atoms with Crippen LogP contribution in [-0.2, 0) is 17.6 Å². The minimum Gasteiger partial charge on any atom is -0.478 e. The van der Waals surface area contributed by atoms with Crippen molar-refractivity contribution >= 4 is 23.6 Å². The molecule has 1 heterocycles. The van der Waals surface area contributed by atoms with Crippen LogP contribution in [-0.4, -0.2) is 20.9 Å². The number of aromatic nitrogens is 2. The van der Waals surface area contributed by atoms with E-state index in [1.54, 1.807) is 18.2 Å². The van der Waals surface area contributed by atoms with Gasteiger partial charge in [-0.25, -0.2) is 9.48 Å². The zero-order chi connectivity index (χ0) is 16.6. The molecule has 120 valence electrons. The summed E-state index contributed by atoms with van der Waals surface area (Å²) in [4.78, 5) is 23.5. The zero-order valence-corrected chi connectivity index (χ0v) is 13.5. The Morgan fingerprint density at radius 2 is 2.09 bits per heavy atom. The first-order valence-corrected chi connectivity index (χ1v) is 7.89. The molecule has 0 radical (unpaired) electrons. The van der Waals surface area contributed by atoms with Crippen molar-refractivity contribution in [3.05, 3.63) is 56.0 Å². The number of halogens is 1. The van der Waals surface area contributed by atoms with Crippen molar-refractivity contribution in [3.63, 3.8) is 0 Å². The number of hydrogen-bond donors (Lipinski definition) is 2. The lowest BCUT2D eigenvalue weighted by Crippen LogP contribution is -2.18. The molecule has 23 heavy (non-hydrogen) atoms. The van der Waals surface area contributed by atoms with Gasteiger partial charge in [0.1, 0.15) is 0 Å². The number of benzene rings is 1. The summed E-state index contributed by atoms with van der Waals surface area (Å²) >= 11 is 6.14. The van der Waals surface area contributed by atoms with E-state index in [4.69, 9.17) is 16.7 Å². The van der Waals surface area contributed by atoms with Crippen molar-refractivity contribution in [1.82, 2.24) is 9.78 Å². The SMILES string of the molecule is C/C(=C/c1cc(-n2[nH]c3c(c2=O)CCCC3)ccc1Cl)C(=O)O. The van der Waals surface area contributed by atoms with Crippen molar-refractivity contribution in [3.8, 4) is 5.69 Å². The van der Waals surface area contributed by atoms with Crippen LogP contribution in [0.25, 0.3) is 11.8 Å². The molecule has 3 rings (SSSR count). The fourth-order valence-corrected chi connectivity index (χ4v) is 3.02. The molecule has 0 bridgehead atoms. The fourth-order valence-electron chi connectivity index (χ4n) is 2.84. The van der Waals surface area contributed by atoms with Gasteiger partial charge < -0.3 is 5.11 Å². The Morgan fingerprint density at radius 1 is 1.35 bits per heavy atom. The van der Waals surface area contributed by atoms with Gasteiger partial charge in [-0.15, -0.1) is 0 Å². The third-order valence-electron chi connectivity index (χ3n) is 4.12. The number of aromatic amines is 1. The number of carbonyl (C=O) groups is 1. The van der Waals surface area contributed by atoms with E-state index >= 15 is 0 Å². The number of rotatable bonds is 3. The Bertz CT molecular complexity index is 861. The second-order valence-corrected chi connectivity index (χ2v) is 6.16. The van der Waals surface area contributed by atoms with Gasteiger partial charge in [0.15, 0.2) is 0 Å². The van der Waals surface area contributed by atoms with Crippen LogP contribution < -0.4 is 5.56 Å². The number of carboxylic acids is 1. The van der Waals surface area contributed by atoms with Crippen molar-refractivity contribution in [2.75, 3.05) is 0 Å². The highest BCUT2D eigenvalue weighted by Crippen LogP contribution is 2.23. The van der Waals surface area contributed by atoms with Crippen LogP contribution in [0.5, 0.6) is 0 Å². The Kier molecular flexibility index (Phi) is 4.13. The van der Waals surface area contributed by atoms with Gasteiger partial charge in [0.25, 0.3) is 5.56 Å². The first-order valence-electron chi connectivity index (χ1n) is 7.51. The number of aliphatic carboxylic acids is 1. The summed E-state index contributed by atoms with van der Waals surface area (Å²) in [6.07, 6.45) is 5.31. The van der Waals surface area contributed by atoms with Gasteiger partial charge in [-0.1, -0.05) is 11.6 Å². The van der Waals surface area contributed by atoms with Crippen LogP contribution in [0.2, 0.25) is 5.02 Å². The molecule has 1 aromatic carbocycles. The number of H-pyrrole nitrogens is 1. The van der Waals surface area contributed by atoms with Crippen molar-refractivity contribution in [2.24, 2.45) is 0 Å². The minimum absolute atomic E-state index is 0.0353. The summed E-state index contributed by atoms with van der Waals surface area (Å²) in [5.74, 6) is -1.00. The molecule has 2 N–H and O–H groups in total. The molecule has 6 heteroatoms. The fraction of sp³-hybridized carbons (Fsp3) is 0.294. The van der Waals surface area contributed by atoms with Crippen LogP contribution in [0, 0.1) is 0 Å². The molecule has 0 unspecified atom stereocenters. The first-order chi connectivity index (χ1) is 11.0. The minimum atomic E-state index is -1.00. The van der Waals surface area contributed by atoms with Crippen molar-refractivity contribution in [2.45, 2.75) is 32.6 Å². The lowest BCUT2D eigenvalue weighted by molar-refractivity contribution is -0.132. The Morgan fingerprint density at radius 3 is 2.78 bits per heavy atom. The summed E-state index contributed by atoms with van der Waals surface area (Å²) in [5, 5.41) is 12.6. The standard InChI is InChI=1S/C17H17ClN2O3/c1-10(17(22)23)8-11-9-12(6-7-14(11)18)20-16(21)13-4-2-3-5-15(13)19-20/h6-9,19H,2-5H2,1H3,(H,22,23)/b10-8-. The van der Waals surface area contributed by atoms with Crippen LogP contribution in [0.4, 0.5) is 0 Å². The Labute approximate surface area is 138 Å². The summed E-state index contributed by atoms with van der Waals surface area (Å²) in [5.41, 5.74) is 3.22. The van der Waals surface area contributed by atoms with E-state index in [2.05, 4.69) is 5.10 Å². The normalized spacial score (nSPS) is 14.6. The van der Waals surface area contributed by atoms with Crippen molar-refractivity contribution < 1.29 is 9.90 Å². The van der Waals surface area contributed by atoms with Crippen LogP contribution in [0.15, 0.2) is 28.6 Å². The lowest BCUT2D eigenvalue weighted by Gasteiger charge is -2.07. The third kappa shape index (κ3) is 2.97. The summed E-state index contributed by atoms with van der Waals surface area (Å²) < 4.78 is 1.51. The molecule has 0 amide bonds. The van der Waals surface area contributed by atoms with Gasteiger partial charge in [0.2, 0.25) is 0 Å². The molecule has 0 saturated carbocycles. The quantitative estimate of drug-likeness (QED) is 0.848. The number of nitrogens with zero attached hydrogens (tertiary/aromatic N) is 1. The molecular formula is C17H17ClN2O3. The van der Waals surface area contributed by atoms with E-state index in [-0.39, 0.29) is 11.1 Å². The maximum Gasteiger partial charge on any atom is 0.331 e. The van der Waals surface area contributed by atoms with E-state index in [0.717, 1.165) is 36.9 Å². The molecule has 2 aromatic rings. The third-order valence-corrected chi connectivity index (χ3v) is 4.47. The highest BCUT2D eigenvalue weighted by molar-refractivity contribution is 6.32. The molecule has 0 fully saturated rings. The lowest BCUT2D eigenvalue weighted by atomic mass is 9.98. The Hall–Kier alpha value is -2.27. The van der Waals surface area contributed by atoms with E-state index < -0.39 is 5.97 Å². The molecule has 1 aliphatic rings. The zero-order valence-electron chi connectivity index (χ0n) is 12.7. The maximum atomic E-state index is 12.5. The van der Waals surface area contributed by atoms with E-state index in [0.29, 0.717) is 16.3 Å². The van der Waals surface area contributed by atoms with E-state index in [1.165, 1.54) is 17.7 Å². The average molecular weight is 333 g/mol. The number of hydrogen-bond acceptors (Lipinski definition) is 2. The van der Waals surface area contributed by atoms with Gasteiger partial charge in [-0.3, -0.25) is 9.89 Å². The monoisotopic (exact) mass is 332 g/mol. The number of fused-ring (bicyclic) bond motifs is 1. The largest absolute Gasteiger partial charge is 0.478 e. The summed E-state index contributed by atoms with van der Waals surface area (Å²) in [6.45, 7) is 1.50. The predicted octanol–water partition coefficient (Wildman–Crippen LogP) is 3.19. The van der Waals surface area contributed by atoms with Gasteiger partial charge in [0.05, 0.1) is 5.69 Å². The van der Waals surface area contributed by atoms with Gasteiger partial charge in [-0.2, -0.15) is 0 Å². The molecule has 1 aliphatic carbocycles. The topological polar surface area (TPSA) is 75.1 Å². The maximum absolute atomic E-state index is 12.5. The van der Waals surface area contributed by atoms with Gasteiger partial charge >= 0.3 is 5.97 Å². The summed E-state index contributed by atoms with van der Waals surface area (Å²) in [7, 11) is 0. The van der Waals surface area contributed by atoms with Crippen LogP contribution in [0.1, 0.15) is 36.6 Å². The van der Waals surface area contributed by atoms with Crippen molar-refractivity contribution in [1.29, 1.82) is 0 Å². The molecule has 5 nitrogen and oxygen atoms in total. The van der Waals surface area contributed by atoms with E-state index in [1.807, 2.05) is 0 Å². The highest BCUT2D eigenvalue weighted by Gasteiger charge is 2.18. The molecule has 0 atom stereocenters. The number of aryl methyl sites for hydroxylation is 1. The predicted molar refractivity (Wildman–Crippen MR) is 89.3 cm³/mol. The second-order valence-electron chi connectivity index (χ2n) is 5.75. The van der Waals surface area contributed by atoms with E-state index in [9.17, 15) is 9.59 Å².